The highest BCUT2D eigenvalue weighted by atomic mass is 32.2. The van der Waals surface area contributed by atoms with Gasteiger partial charge < -0.3 is 9.84 Å². The van der Waals surface area contributed by atoms with Gasteiger partial charge in [-0.2, -0.15) is 4.31 Å². The lowest BCUT2D eigenvalue weighted by atomic mass is 10.2. The third kappa shape index (κ3) is 2.85. The Morgan fingerprint density at radius 1 is 1.50 bits per heavy atom. The second-order valence-corrected chi connectivity index (χ2v) is 6.83. The van der Waals surface area contributed by atoms with Crippen molar-refractivity contribution in [1.29, 1.82) is 0 Å². The zero-order valence-electron chi connectivity index (χ0n) is 11.4. The minimum Gasteiger partial charge on any atom is -0.394 e. The van der Waals surface area contributed by atoms with Gasteiger partial charge in [0.25, 0.3) is 0 Å². The molecule has 1 fully saturated rings. The largest absolute Gasteiger partial charge is 0.394 e. The van der Waals surface area contributed by atoms with Crippen molar-refractivity contribution >= 4 is 10.0 Å². The number of aryl methyl sites for hydroxylation is 1. The van der Waals surface area contributed by atoms with Crippen molar-refractivity contribution in [3.05, 3.63) is 29.6 Å². The number of morpholine rings is 1. The molecule has 0 aliphatic carbocycles. The summed E-state index contributed by atoms with van der Waals surface area (Å²) < 4.78 is 45.2. The Hall–Kier alpha value is -1.02. The fourth-order valence-corrected chi connectivity index (χ4v) is 4.10. The molecule has 0 spiro atoms. The molecular weight excluding hydrogens is 285 g/mol. The van der Waals surface area contributed by atoms with Crippen molar-refractivity contribution in [1.82, 2.24) is 4.31 Å². The van der Waals surface area contributed by atoms with E-state index in [0.717, 1.165) is 6.07 Å². The Morgan fingerprint density at radius 2 is 2.20 bits per heavy atom. The van der Waals surface area contributed by atoms with E-state index in [1.165, 1.54) is 16.4 Å². The van der Waals surface area contributed by atoms with Crippen molar-refractivity contribution in [3.63, 3.8) is 0 Å². The lowest BCUT2D eigenvalue weighted by molar-refractivity contribution is -0.0516. The molecule has 1 aliphatic rings. The van der Waals surface area contributed by atoms with Crippen LogP contribution >= 0.6 is 0 Å². The monoisotopic (exact) mass is 303 g/mol. The molecule has 1 saturated heterocycles. The number of ether oxygens (including phenoxy) is 1. The van der Waals surface area contributed by atoms with Crippen LogP contribution in [0.5, 0.6) is 0 Å². The maximum Gasteiger partial charge on any atom is 0.243 e. The van der Waals surface area contributed by atoms with Crippen LogP contribution in [0.25, 0.3) is 0 Å². The van der Waals surface area contributed by atoms with Gasteiger partial charge in [0, 0.05) is 12.6 Å². The van der Waals surface area contributed by atoms with Gasteiger partial charge >= 0.3 is 0 Å². The first kappa shape index (κ1) is 15.4. The standard InChI is InChI=1S/C13H18FNO4S/c1-9-3-4-11(14)5-13(9)20(17,18)15-6-12(7-16)19-8-10(15)2/h3-5,10,12,16H,6-8H2,1-2H3. The van der Waals surface area contributed by atoms with Crippen molar-refractivity contribution < 1.29 is 22.7 Å². The minimum absolute atomic E-state index is 0.0389. The summed E-state index contributed by atoms with van der Waals surface area (Å²) in [4.78, 5) is -0.0389. The molecule has 0 saturated carbocycles. The average molecular weight is 303 g/mol. The Bertz CT molecular complexity index is 590. The van der Waals surface area contributed by atoms with Gasteiger partial charge in [-0.25, -0.2) is 12.8 Å². The Labute approximate surface area is 118 Å². The summed E-state index contributed by atoms with van der Waals surface area (Å²) in [6.07, 6.45) is -0.546. The van der Waals surface area contributed by atoms with E-state index < -0.39 is 21.9 Å². The van der Waals surface area contributed by atoms with Crippen molar-refractivity contribution in [2.75, 3.05) is 19.8 Å². The van der Waals surface area contributed by atoms with Crippen LogP contribution in [0.4, 0.5) is 4.39 Å². The molecule has 0 aromatic heterocycles. The van der Waals surface area contributed by atoms with E-state index in [1.807, 2.05) is 0 Å². The van der Waals surface area contributed by atoms with Crippen molar-refractivity contribution in [2.45, 2.75) is 30.9 Å². The molecule has 2 atom stereocenters. The van der Waals surface area contributed by atoms with Gasteiger partial charge in [-0.3, -0.25) is 0 Å². The highest BCUT2D eigenvalue weighted by molar-refractivity contribution is 7.89. The lowest BCUT2D eigenvalue weighted by Crippen LogP contribution is -2.51. The summed E-state index contributed by atoms with van der Waals surface area (Å²) in [6.45, 7) is 3.37. The van der Waals surface area contributed by atoms with Crippen LogP contribution in [0.2, 0.25) is 0 Å². The molecule has 0 amide bonds. The number of halogens is 1. The molecular formula is C13H18FNO4S. The molecule has 1 heterocycles. The normalized spacial score (nSPS) is 24.8. The van der Waals surface area contributed by atoms with Crippen molar-refractivity contribution in [2.24, 2.45) is 0 Å². The molecule has 1 aliphatic heterocycles. The highest BCUT2D eigenvalue weighted by Crippen LogP contribution is 2.25. The summed E-state index contributed by atoms with van der Waals surface area (Å²) >= 11 is 0. The molecule has 1 N–H and O–H groups in total. The summed E-state index contributed by atoms with van der Waals surface area (Å²) in [7, 11) is -3.81. The van der Waals surface area contributed by atoms with Gasteiger partial charge in [-0.1, -0.05) is 6.07 Å². The number of nitrogens with zero attached hydrogens (tertiary/aromatic N) is 1. The molecule has 7 heteroatoms. The summed E-state index contributed by atoms with van der Waals surface area (Å²) in [5.41, 5.74) is 0.491. The maximum atomic E-state index is 13.3. The maximum absolute atomic E-state index is 13.3. The molecule has 2 unspecified atom stereocenters. The van der Waals surface area contributed by atoms with Crippen LogP contribution in [-0.2, 0) is 14.8 Å². The predicted molar refractivity (Wildman–Crippen MR) is 71.3 cm³/mol. The fraction of sp³-hybridized carbons (Fsp3) is 0.538. The van der Waals surface area contributed by atoms with Gasteiger partial charge in [0.05, 0.1) is 24.2 Å². The second-order valence-electron chi connectivity index (χ2n) is 4.97. The zero-order chi connectivity index (χ0) is 14.9. The summed E-state index contributed by atoms with van der Waals surface area (Å²) in [5, 5.41) is 9.12. The number of aliphatic hydroxyl groups excluding tert-OH is 1. The molecule has 20 heavy (non-hydrogen) atoms. The van der Waals surface area contributed by atoms with E-state index >= 15 is 0 Å². The van der Waals surface area contributed by atoms with Crippen molar-refractivity contribution in [3.8, 4) is 0 Å². The van der Waals surface area contributed by atoms with Gasteiger partial charge in [-0.15, -0.1) is 0 Å². The minimum atomic E-state index is -3.81. The van der Waals surface area contributed by atoms with Crippen LogP contribution < -0.4 is 0 Å². The van der Waals surface area contributed by atoms with E-state index in [9.17, 15) is 12.8 Å². The molecule has 5 nitrogen and oxygen atoms in total. The molecule has 1 aromatic rings. The first-order chi connectivity index (χ1) is 9.36. The third-order valence-corrected chi connectivity index (χ3v) is 5.51. The quantitative estimate of drug-likeness (QED) is 0.901. The SMILES string of the molecule is Cc1ccc(F)cc1S(=O)(=O)N1CC(CO)OCC1C. The Kier molecular flexibility index (Phi) is 4.43. The third-order valence-electron chi connectivity index (χ3n) is 3.39. The van der Waals surface area contributed by atoms with Gasteiger partial charge in [0.15, 0.2) is 0 Å². The van der Waals surface area contributed by atoms with E-state index in [-0.39, 0.29) is 30.7 Å². The van der Waals surface area contributed by atoms with E-state index in [4.69, 9.17) is 9.84 Å². The fourth-order valence-electron chi connectivity index (χ4n) is 2.22. The van der Waals surface area contributed by atoms with E-state index in [0.29, 0.717) is 5.56 Å². The number of hydrogen-bond acceptors (Lipinski definition) is 4. The van der Waals surface area contributed by atoms with Crippen LogP contribution in [0, 0.1) is 12.7 Å². The Morgan fingerprint density at radius 3 is 2.85 bits per heavy atom. The lowest BCUT2D eigenvalue weighted by Gasteiger charge is -2.36. The number of sulfonamides is 1. The highest BCUT2D eigenvalue weighted by Gasteiger charge is 2.36. The van der Waals surface area contributed by atoms with Crippen LogP contribution in [0.15, 0.2) is 23.1 Å². The summed E-state index contributed by atoms with van der Waals surface area (Å²) in [5.74, 6) is -0.589. The predicted octanol–water partition coefficient (Wildman–Crippen LogP) is 0.904. The average Bonchev–Trinajstić information content (AvgIpc) is 2.41. The zero-order valence-corrected chi connectivity index (χ0v) is 12.2. The van der Waals surface area contributed by atoms with Gasteiger partial charge in [0.1, 0.15) is 5.82 Å². The Balaban J connectivity index is 2.40. The number of hydrogen-bond donors (Lipinski definition) is 1. The number of benzene rings is 1. The van der Waals surface area contributed by atoms with E-state index in [2.05, 4.69) is 0 Å². The number of aliphatic hydroxyl groups is 1. The van der Waals surface area contributed by atoms with Crippen LogP contribution in [-0.4, -0.2) is 49.7 Å². The van der Waals surface area contributed by atoms with Gasteiger partial charge in [0.2, 0.25) is 10.0 Å². The topological polar surface area (TPSA) is 66.8 Å². The van der Waals surface area contributed by atoms with E-state index in [1.54, 1.807) is 13.8 Å². The number of rotatable bonds is 3. The first-order valence-corrected chi connectivity index (χ1v) is 7.80. The van der Waals surface area contributed by atoms with Crippen LogP contribution in [0.1, 0.15) is 12.5 Å². The van der Waals surface area contributed by atoms with Crippen LogP contribution in [0.3, 0.4) is 0 Å². The van der Waals surface area contributed by atoms with Gasteiger partial charge in [-0.05, 0) is 31.5 Å². The smallest absolute Gasteiger partial charge is 0.243 e. The molecule has 1 aromatic carbocycles. The molecule has 2 rings (SSSR count). The second kappa shape index (κ2) is 5.77. The molecule has 112 valence electrons. The first-order valence-electron chi connectivity index (χ1n) is 6.36. The molecule has 0 bridgehead atoms. The molecule has 0 radical (unpaired) electrons. The summed E-state index contributed by atoms with van der Waals surface area (Å²) in [6, 6.07) is 3.34.